The van der Waals surface area contributed by atoms with Crippen molar-refractivity contribution < 1.29 is 0 Å². The fourth-order valence-corrected chi connectivity index (χ4v) is 6.35. The molecule has 1 saturated carbocycles. The highest BCUT2D eigenvalue weighted by molar-refractivity contribution is 5.90. The van der Waals surface area contributed by atoms with Gasteiger partial charge in [0.1, 0.15) is 0 Å². The standard InChI is InChI=1S/C38H50N4/c1-26-13-11-15-32(39-26)25-42(24-28-21-30(37(3,4)5)23-31(22-28)38(6,7)8)35-18-10-9-16-33(35)41-34-17-12-14-29-20-19-27(2)40-36(29)34/h11-15,17,19-23,33,35,41H,9-10,16,18,24-25H2,1-8H3/t33-,35-/m0/s1. The molecule has 2 aromatic heterocycles. The topological polar surface area (TPSA) is 41.0 Å². The number of benzene rings is 2. The Kier molecular flexibility index (Phi) is 8.76. The smallest absolute Gasteiger partial charge is 0.0936 e. The molecule has 1 aliphatic carbocycles. The van der Waals surface area contributed by atoms with E-state index in [2.05, 4.69) is 132 Å². The zero-order valence-corrected chi connectivity index (χ0v) is 27.1. The highest BCUT2D eigenvalue weighted by atomic mass is 15.2. The number of fused-ring (bicyclic) bond motifs is 1. The summed E-state index contributed by atoms with van der Waals surface area (Å²) in [4.78, 5) is 12.6. The maximum atomic E-state index is 4.95. The van der Waals surface area contributed by atoms with Gasteiger partial charge in [0, 0.05) is 41.9 Å². The van der Waals surface area contributed by atoms with Crippen LogP contribution in [0.4, 0.5) is 5.69 Å². The van der Waals surface area contributed by atoms with Gasteiger partial charge in [0.2, 0.25) is 0 Å². The van der Waals surface area contributed by atoms with E-state index in [0.29, 0.717) is 12.1 Å². The van der Waals surface area contributed by atoms with Crippen molar-refractivity contribution in [2.75, 3.05) is 5.32 Å². The summed E-state index contributed by atoms with van der Waals surface area (Å²) in [5.41, 5.74) is 9.89. The maximum Gasteiger partial charge on any atom is 0.0936 e. The average Bonchev–Trinajstić information content (AvgIpc) is 2.92. The van der Waals surface area contributed by atoms with Crippen LogP contribution in [0.1, 0.15) is 101 Å². The fourth-order valence-electron chi connectivity index (χ4n) is 6.35. The molecule has 42 heavy (non-hydrogen) atoms. The van der Waals surface area contributed by atoms with Crippen LogP contribution < -0.4 is 5.32 Å². The number of hydrogen-bond donors (Lipinski definition) is 1. The second-order valence-electron chi connectivity index (χ2n) is 14.5. The van der Waals surface area contributed by atoms with E-state index in [-0.39, 0.29) is 10.8 Å². The first-order valence-corrected chi connectivity index (χ1v) is 15.8. The van der Waals surface area contributed by atoms with Crippen LogP contribution in [0.2, 0.25) is 0 Å². The minimum Gasteiger partial charge on any atom is -0.379 e. The first-order valence-electron chi connectivity index (χ1n) is 15.8. The zero-order valence-electron chi connectivity index (χ0n) is 27.1. The monoisotopic (exact) mass is 562 g/mol. The molecule has 222 valence electrons. The van der Waals surface area contributed by atoms with Crippen molar-refractivity contribution in [3.63, 3.8) is 0 Å². The van der Waals surface area contributed by atoms with E-state index < -0.39 is 0 Å². The SMILES string of the molecule is Cc1cccc(CN(Cc2cc(C(C)(C)C)cc(C(C)(C)C)c2)[C@H]2CCCC[C@@H]2Nc2cccc3ccc(C)nc23)n1. The molecule has 0 aliphatic heterocycles. The van der Waals surface area contributed by atoms with Crippen molar-refractivity contribution in [3.05, 3.63) is 101 Å². The van der Waals surface area contributed by atoms with Crippen molar-refractivity contribution in [3.8, 4) is 0 Å². The van der Waals surface area contributed by atoms with Crippen molar-refractivity contribution in [2.45, 2.75) is 117 Å². The normalized spacial score (nSPS) is 18.0. The quantitative estimate of drug-likeness (QED) is 0.244. The molecule has 2 atom stereocenters. The van der Waals surface area contributed by atoms with Gasteiger partial charge in [0.05, 0.1) is 16.9 Å². The molecule has 4 nitrogen and oxygen atoms in total. The van der Waals surface area contributed by atoms with E-state index in [1.165, 1.54) is 41.3 Å². The highest BCUT2D eigenvalue weighted by Crippen LogP contribution is 2.34. The zero-order chi connectivity index (χ0) is 30.1. The van der Waals surface area contributed by atoms with Crippen LogP contribution in [0.15, 0.2) is 66.7 Å². The minimum atomic E-state index is 0.0906. The van der Waals surface area contributed by atoms with Crippen LogP contribution in [0.25, 0.3) is 10.9 Å². The molecule has 0 saturated heterocycles. The number of hydrogen-bond acceptors (Lipinski definition) is 4. The average molecular weight is 563 g/mol. The molecule has 0 radical (unpaired) electrons. The summed E-state index contributed by atoms with van der Waals surface area (Å²) in [5.74, 6) is 0. The second kappa shape index (κ2) is 12.2. The van der Waals surface area contributed by atoms with Gasteiger partial charge in [-0.05, 0) is 78.5 Å². The molecule has 2 aromatic carbocycles. The van der Waals surface area contributed by atoms with Gasteiger partial charge >= 0.3 is 0 Å². The Morgan fingerprint density at radius 3 is 2.10 bits per heavy atom. The van der Waals surface area contributed by atoms with Crippen LogP contribution >= 0.6 is 0 Å². The molecule has 2 heterocycles. The molecule has 4 aromatic rings. The summed E-state index contributed by atoms with van der Waals surface area (Å²) in [5, 5.41) is 5.20. The summed E-state index contributed by atoms with van der Waals surface area (Å²) in [7, 11) is 0. The lowest BCUT2D eigenvalue weighted by Gasteiger charge is -2.41. The van der Waals surface area contributed by atoms with Crippen molar-refractivity contribution in [1.82, 2.24) is 14.9 Å². The van der Waals surface area contributed by atoms with Crippen molar-refractivity contribution >= 4 is 16.6 Å². The predicted octanol–water partition coefficient (Wildman–Crippen LogP) is 9.27. The Morgan fingerprint density at radius 1 is 0.738 bits per heavy atom. The largest absolute Gasteiger partial charge is 0.379 e. The van der Waals surface area contributed by atoms with E-state index in [0.717, 1.165) is 47.8 Å². The summed E-state index contributed by atoms with van der Waals surface area (Å²) < 4.78 is 0. The van der Waals surface area contributed by atoms with Crippen LogP contribution in [0.5, 0.6) is 0 Å². The van der Waals surface area contributed by atoms with Crippen LogP contribution in [0, 0.1) is 13.8 Å². The van der Waals surface area contributed by atoms with Crippen LogP contribution in [0.3, 0.4) is 0 Å². The molecular formula is C38H50N4. The number of rotatable bonds is 7. The lowest BCUT2D eigenvalue weighted by molar-refractivity contribution is 0.127. The first-order chi connectivity index (χ1) is 19.9. The molecule has 1 N–H and O–H groups in total. The van der Waals surface area contributed by atoms with E-state index in [1.54, 1.807) is 0 Å². The highest BCUT2D eigenvalue weighted by Gasteiger charge is 2.32. The first kappa shape index (κ1) is 30.2. The number of para-hydroxylation sites is 1. The molecule has 0 spiro atoms. The van der Waals surface area contributed by atoms with Gasteiger partial charge < -0.3 is 5.32 Å². The summed E-state index contributed by atoms with van der Waals surface area (Å²) >= 11 is 0. The number of pyridine rings is 2. The third kappa shape index (κ3) is 7.21. The van der Waals surface area contributed by atoms with E-state index in [4.69, 9.17) is 9.97 Å². The number of nitrogens with one attached hydrogen (secondary N) is 1. The molecule has 0 bridgehead atoms. The molecule has 1 fully saturated rings. The van der Waals surface area contributed by atoms with E-state index in [9.17, 15) is 0 Å². The van der Waals surface area contributed by atoms with E-state index in [1.807, 2.05) is 0 Å². The number of anilines is 1. The maximum absolute atomic E-state index is 4.95. The Labute approximate surface area is 254 Å². The molecule has 0 unspecified atom stereocenters. The fraction of sp³-hybridized carbons (Fsp3) is 0.474. The molecule has 1 aliphatic rings. The van der Waals surface area contributed by atoms with Gasteiger partial charge in [0.15, 0.2) is 0 Å². The molecule has 0 amide bonds. The van der Waals surface area contributed by atoms with Crippen LogP contribution in [-0.4, -0.2) is 27.0 Å². The van der Waals surface area contributed by atoms with Crippen LogP contribution in [-0.2, 0) is 23.9 Å². The Morgan fingerprint density at radius 2 is 1.40 bits per heavy atom. The molecular weight excluding hydrogens is 512 g/mol. The second-order valence-corrected chi connectivity index (χ2v) is 14.5. The summed E-state index contributed by atoms with van der Waals surface area (Å²) in [6, 6.07) is 25.3. The van der Waals surface area contributed by atoms with Crippen molar-refractivity contribution in [1.29, 1.82) is 0 Å². The van der Waals surface area contributed by atoms with Gasteiger partial charge in [-0.1, -0.05) is 96.8 Å². The predicted molar refractivity (Wildman–Crippen MR) is 178 cm³/mol. The summed E-state index contributed by atoms with van der Waals surface area (Å²) in [6.07, 6.45) is 4.82. The summed E-state index contributed by atoms with van der Waals surface area (Å²) in [6.45, 7) is 19.9. The lowest BCUT2D eigenvalue weighted by atomic mass is 9.79. The lowest BCUT2D eigenvalue weighted by Crippen LogP contribution is -2.48. The number of aromatic nitrogens is 2. The van der Waals surface area contributed by atoms with Gasteiger partial charge in [0.25, 0.3) is 0 Å². The van der Waals surface area contributed by atoms with E-state index >= 15 is 0 Å². The number of nitrogens with zero attached hydrogens (tertiary/aromatic N) is 3. The minimum absolute atomic E-state index is 0.0906. The third-order valence-electron chi connectivity index (χ3n) is 8.82. The molecule has 4 heteroatoms. The Hall–Kier alpha value is -3.24. The van der Waals surface area contributed by atoms with Gasteiger partial charge in [-0.15, -0.1) is 0 Å². The Balaban J connectivity index is 1.53. The van der Waals surface area contributed by atoms with Gasteiger partial charge in [-0.3, -0.25) is 14.9 Å². The molecule has 5 rings (SSSR count). The van der Waals surface area contributed by atoms with Crippen molar-refractivity contribution in [2.24, 2.45) is 0 Å². The van der Waals surface area contributed by atoms with Gasteiger partial charge in [-0.2, -0.15) is 0 Å². The Bertz CT molecular complexity index is 1490. The van der Waals surface area contributed by atoms with Gasteiger partial charge in [-0.25, -0.2) is 0 Å². The third-order valence-corrected chi connectivity index (χ3v) is 8.82. The number of aryl methyl sites for hydroxylation is 2.